The fraction of sp³-hybridized carbons (Fsp3) is 0.320. The molecule has 0 unspecified atom stereocenters. The summed E-state index contributed by atoms with van der Waals surface area (Å²) in [5.74, 6) is 1.74. The fourth-order valence-corrected chi connectivity index (χ4v) is 3.18. The van der Waals surface area contributed by atoms with Gasteiger partial charge >= 0.3 is 0 Å². The summed E-state index contributed by atoms with van der Waals surface area (Å²) in [6, 6.07) is 14.8. The first-order valence-electron chi connectivity index (χ1n) is 10.6. The van der Waals surface area contributed by atoms with Gasteiger partial charge in [-0.25, -0.2) is 0 Å². The minimum Gasteiger partial charge on any atom is -0.493 e. The zero-order valence-corrected chi connectivity index (χ0v) is 18.4. The molecule has 0 aliphatic rings. The van der Waals surface area contributed by atoms with Gasteiger partial charge in [-0.05, 0) is 50.1 Å². The second kappa shape index (κ2) is 11.7. The first kappa shape index (κ1) is 23.1. The van der Waals surface area contributed by atoms with Crippen molar-refractivity contribution < 1.29 is 23.8 Å². The molecule has 0 aliphatic heterocycles. The molecule has 7 heteroatoms. The molecular formula is C25H28N2O5. The van der Waals surface area contributed by atoms with E-state index in [-0.39, 0.29) is 11.7 Å². The molecule has 7 nitrogen and oxygen atoms in total. The van der Waals surface area contributed by atoms with E-state index in [1.807, 2.05) is 30.3 Å². The van der Waals surface area contributed by atoms with Crippen LogP contribution in [0.3, 0.4) is 0 Å². The number of hydrogen-bond acceptors (Lipinski definition) is 6. The molecule has 0 saturated carbocycles. The minimum atomic E-state index is -0.0364. The maximum Gasteiger partial charge on any atom is 0.220 e. The number of Topliss-reactive ketones (excluding diaryl/α,β-unsaturated/α-hetero) is 1. The first-order chi connectivity index (χ1) is 15.6. The molecule has 0 atom stereocenters. The predicted molar refractivity (Wildman–Crippen MR) is 123 cm³/mol. The monoisotopic (exact) mass is 436 g/mol. The Balaban J connectivity index is 1.32. The number of amides is 1. The van der Waals surface area contributed by atoms with Crippen LogP contribution in [0, 0.1) is 0 Å². The van der Waals surface area contributed by atoms with Crippen molar-refractivity contribution in [2.75, 3.05) is 26.9 Å². The molecule has 168 valence electrons. The number of carbonyl (C=O) groups excluding carboxylic acids is 2. The molecule has 0 radical (unpaired) electrons. The first-order valence-corrected chi connectivity index (χ1v) is 10.6. The highest BCUT2D eigenvalue weighted by Gasteiger charge is 2.09. The number of rotatable bonds is 12. The fourth-order valence-electron chi connectivity index (χ4n) is 3.18. The van der Waals surface area contributed by atoms with E-state index < -0.39 is 0 Å². The Labute approximate surface area is 187 Å². The van der Waals surface area contributed by atoms with Crippen molar-refractivity contribution in [2.24, 2.45) is 0 Å². The van der Waals surface area contributed by atoms with Crippen LogP contribution in [-0.4, -0.2) is 43.5 Å². The molecule has 0 fully saturated rings. The molecule has 1 N–H and O–H groups in total. The number of hydrogen-bond donors (Lipinski definition) is 1. The summed E-state index contributed by atoms with van der Waals surface area (Å²) in [5, 5.41) is 3.93. The molecule has 1 amide bonds. The highest BCUT2D eigenvalue weighted by atomic mass is 16.5. The number of fused-ring (bicyclic) bond motifs is 1. The Morgan fingerprint density at radius 1 is 0.938 bits per heavy atom. The van der Waals surface area contributed by atoms with Crippen LogP contribution in [0.2, 0.25) is 0 Å². The summed E-state index contributed by atoms with van der Waals surface area (Å²) < 4.78 is 16.8. The number of carbonyl (C=O) groups is 2. The van der Waals surface area contributed by atoms with E-state index in [1.54, 1.807) is 24.4 Å². The second-order valence-corrected chi connectivity index (χ2v) is 7.26. The number of benzene rings is 2. The smallest absolute Gasteiger partial charge is 0.220 e. The number of ether oxygens (including phenoxy) is 3. The van der Waals surface area contributed by atoms with E-state index in [0.29, 0.717) is 56.1 Å². The standard InChI is InChI=1S/C25H28N2O5/c1-18(28)20-11-12-21(23(17-20)30-2)31-15-5-10-24(29)26-14-6-16-32-22-9-3-7-19-8-4-13-27-25(19)22/h3-4,7-9,11-13,17H,5-6,10,14-16H2,1-2H3,(H,26,29). The molecule has 2 aromatic carbocycles. The maximum absolute atomic E-state index is 12.0. The molecule has 0 bridgehead atoms. The van der Waals surface area contributed by atoms with Crippen LogP contribution in [-0.2, 0) is 4.79 Å². The van der Waals surface area contributed by atoms with E-state index in [1.165, 1.54) is 14.0 Å². The van der Waals surface area contributed by atoms with Crippen molar-refractivity contribution in [1.29, 1.82) is 0 Å². The van der Waals surface area contributed by atoms with Crippen molar-refractivity contribution >= 4 is 22.6 Å². The number of methoxy groups -OCH3 is 1. The number of ketones is 1. The molecule has 1 heterocycles. The normalized spacial score (nSPS) is 10.6. The van der Waals surface area contributed by atoms with Gasteiger partial charge in [-0.2, -0.15) is 0 Å². The zero-order chi connectivity index (χ0) is 22.8. The summed E-state index contributed by atoms with van der Waals surface area (Å²) in [6.45, 7) is 2.91. The van der Waals surface area contributed by atoms with Crippen molar-refractivity contribution in [3.8, 4) is 17.2 Å². The van der Waals surface area contributed by atoms with E-state index in [2.05, 4.69) is 10.3 Å². The van der Waals surface area contributed by atoms with Crippen LogP contribution >= 0.6 is 0 Å². The largest absolute Gasteiger partial charge is 0.493 e. The number of pyridine rings is 1. The Morgan fingerprint density at radius 2 is 1.72 bits per heavy atom. The topological polar surface area (TPSA) is 86.8 Å². The number of aromatic nitrogens is 1. The maximum atomic E-state index is 12.0. The van der Waals surface area contributed by atoms with Gasteiger partial charge in [-0.3, -0.25) is 14.6 Å². The van der Waals surface area contributed by atoms with Gasteiger partial charge in [0.25, 0.3) is 0 Å². The summed E-state index contributed by atoms with van der Waals surface area (Å²) in [5.41, 5.74) is 1.40. The summed E-state index contributed by atoms with van der Waals surface area (Å²) >= 11 is 0. The van der Waals surface area contributed by atoms with Gasteiger partial charge in [0.05, 0.1) is 20.3 Å². The molecule has 0 saturated heterocycles. The summed E-state index contributed by atoms with van der Waals surface area (Å²) in [6.07, 6.45) is 3.38. The minimum absolute atomic E-state index is 0.0284. The van der Waals surface area contributed by atoms with Crippen molar-refractivity contribution in [1.82, 2.24) is 10.3 Å². The van der Waals surface area contributed by atoms with Crippen LogP contribution in [0.5, 0.6) is 17.2 Å². The van der Waals surface area contributed by atoms with Crippen molar-refractivity contribution in [2.45, 2.75) is 26.2 Å². The van der Waals surface area contributed by atoms with Gasteiger partial charge in [0.15, 0.2) is 17.3 Å². The lowest BCUT2D eigenvalue weighted by molar-refractivity contribution is -0.121. The summed E-state index contributed by atoms with van der Waals surface area (Å²) in [7, 11) is 1.53. The Hall–Kier alpha value is -3.61. The molecular weight excluding hydrogens is 408 g/mol. The third kappa shape index (κ3) is 6.44. The SMILES string of the molecule is COc1cc(C(C)=O)ccc1OCCCC(=O)NCCCOc1cccc2cccnc12. The Morgan fingerprint density at radius 3 is 2.53 bits per heavy atom. The lowest BCUT2D eigenvalue weighted by Crippen LogP contribution is -2.25. The molecule has 3 aromatic rings. The van der Waals surface area contributed by atoms with E-state index in [9.17, 15) is 9.59 Å². The van der Waals surface area contributed by atoms with Crippen LogP contribution in [0.4, 0.5) is 0 Å². The number of para-hydroxylation sites is 1. The van der Waals surface area contributed by atoms with Crippen molar-refractivity contribution in [3.05, 3.63) is 60.3 Å². The van der Waals surface area contributed by atoms with Gasteiger partial charge in [0.1, 0.15) is 11.3 Å². The number of nitrogens with one attached hydrogen (secondary N) is 1. The third-order valence-electron chi connectivity index (χ3n) is 4.87. The lowest BCUT2D eigenvalue weighted by atomic mass is 10.1. The van der Waals surface area contributed by atoms with Gasteiger partial charge in [0.2, 0.25) is 5.91 Å². The second-order valence-electron chi connectivity index (χ2n) is 7.26. The average molecular weight is 437 g/mol. The molecule has 32 heavy (non-hydrogen) atoms. The van der Waals surface area contributed by atoms with Crippen molar-refractivity contribution in [3.63, 3.8) is 0 Å². The van der Waals surface area contributed by atoms with Gasteiger partial charge < -0.3 is 19.5 Å². The molecule has 3 rings (SSSR count). The van der Waals surface area contributed by atoms with E-state index in [4.69, 9.17) is 14.2 Å². The van der Waals surface area contributed by atoms with Gasteiger partial charge in [0, 0.05) is 30.1 Å². The highest BCUT2D eigenvalue weighted by molar-refractivity contribution is 5.94. The van der Waals surface area contributed by atoms with E-state index in [0.717, 1.165) is 16.7 Å². The van der Waals surface area contributed by atoms with Gasteiger partial charge in [-0.1, -0.05) is 18.2 Å². The molecule has 1 aromatic heterocycles. The number of nitrogens with zero attached hydrogens (tertiary/aromatic N) is 1. The highest BCUT2D eigenvalue weighted by Crippen LogP contribution is 2.28. The van der Waals surface area contributed by atoms with Gasteiger partial charge in [-0.15, -0.1) is 0 Å². The third-order valence-corrected chi connectivity index (χ3v) is 4.87. The molecule has 0 spiro atoms. The van der Waals surface area contributed by atoms with Crippen LogP contribution < -0.4 is 19.5 Å². The molecule has 0 aliphatic carbocycles. The quantitative estimate of drug-likeness (QED) is 0.338. The Bertz CT molecular complexity index is 1060. The lowest BCUT2D eigenvalue weighted by Gasteiger charge is -2.12. The van der Waals surface area contributed by atoms with Crippen LogP contribution in [0.1, 0.15) is 36.5 Å². The Kier molecular flexibility index (Phi) is 8.43. The van der Waals surface area contributed by atoms with Crippen LogP contribution in [0.25, 0.3) is 10.9 Å². The predicted octanol–water partition coefficient (Wildman–Crippen LogP) is 4.19. The summed E-state index contributed by atoms with van der Waals surface area (Å²) in [4.78, 5) is 27.9. The zero-order valence-electron chi connectivity index (χ0n) is 18.4. The average Bonchev–Trinajstić information content (AvgIpc) is 2.81. The van der Waals surface area contributed by atoms with E-state index >= 15 is 0 Å². The van der Waals surface area contributed by atoms with Crippen LogP contribution in [0.15, 0.2) is 54.7 Å².